The number of aliphatic hydroxyl groups is 1. The van der Waals surface area contributed by atoms with Gasteiger partial charge in [-0.25, -0.2) is 0 Å². The minimum Gasteiger partial charge on any atom is -0.496 e. The highest BCUT2D eigenvalue weighted by molar-refractivity contribution is 5.89. The number of carbonyl (C=O) groups excluding carboxylic acids is 1. The zero-order chi connectivity index (χ0) is 23.0. The predicted octanol–water partition coefficient (Wildman–Crippen LogP) is 4.01. The summed E-state index contributed by atoms with van der Waals surface area (Å²) in [4.78, 5) is 18.5. The summed E-state index contributed by atoms with van der Waals surface area (Å²) in [6.45, 7) is 1.13. The average Bonchev–Trinajstić information content (AvgIpc) is 3.44. The number of methoxy groups -OCH3 is 1. The number of hydrogen-bond acceptors (Lipinski definition) is 4. The lowest BCUT2D eigenvalue weighted by Gasteiger charge is -2.45. The van der Waals surface area contributed by atoms with Gasteiger partial charge < -0.3 is 19.7 Å². The molecule has 2 N–H and O–H groups in total. The SMILES string of the molecule is COc1ccccc1[C@]1(O)C[C@H](CC#N)C[C@H]2CN(C(=O)Cc3c[nH]c4ccccc34)C[C@H]21. The zero-order valence-corrected chi connectivity index (χ0v) is 18.8. The van der Waals surface area contributed by atoms with Gasteiger partial charge in [-0.3, -0.25) is 4.79 Å². The molecule has 0 spiro atoms. The molecule has 0 bridgehead atoms. The molecule has 1 saturated carbocycles. The monoisotopic (exact) mass is 443 g/mol. The van der Waals surface area contributed by atoms with E-state index in [-0.39, 0.29) is 23.7 Å². The third-order valence-corrected chi connectivity index (χ3v) is 7.61. The Bertz CT molecular complexity index is 1210. The summed E-state index contributed by atoms with van der Waals surface area (Å²) in [6.07, 6.45) is 4.01. The van der Waals surface area contributed by atoms with Gasteiger partial charge in [0.2, 0.25) is 5.91 Å². The zero-order valence-electron chi connectivity index (χ0n) is 18.8. The summed E-state index contributed by atoms with van der Waals surface area (Å²) in [6, 6.07) is 17.9. The fourth-order valence-electron chi connectivity index (χ4n) is 6.11. The fourth-order valence-corrected chi connectivity index (χ4v) is 6.11. The number of amides is 1. The lowest BCUT2D eigenvalue weighted by atomic mass is 9.63. The van der Waals surface area contributed by atoms with Crippen LogP contribution in [0.5, 0.6) is 5.75 Å². The van der Waals surface area contributed by atoms with Crippen molar-refractivity contribution in [3.05, 3.63) is 65.9 Å². The van der Waals surface area contributed by atoms with E-state index < -0.39 is 5.60 Å². The highest BCUT2D eigenvalue weighted by Crippen LogP contribution is 2.52. The molecular weight excluding hydrogens is 414 g/mol. The first-order valence-electron chi connectivity index (χ1n) is 11.6. The van der Waals surface area contributed by atoms with Crippen LogP contribution in [0.25, 0.3) is 10.9 Å². The van der Waals surface area contributed by atoms with Crippen molar-refractivity contribution >= 4 is 16.8 Å². The van der Waals surface area contributed by atoms with Crippen LogP contribution in [0, 0.1) is 29.1 Å². The Morgan fingerprint density at radius 2 is 2.03 bits per heavy atom. The van der Waals surface area contributed by atoms with Gasteiger partial charge in [-0.05, 0) is 42.4 Å². The number of hydrogen-bond donors (Lipinski definition) is 2. The summed E-state index contributed by atoms with van der Waals surface area (Å²) in [7, 11) is 1.61. The fraction of sp³-hybridized carbons (Fsp3) is 0.407. The number of aromatic amines is 1. The Labute approximate surface area is 193 Å². The lowest BCUT2D eigenvalue weighted by Crippen LogP contribution is -2.46. The van der Waals surface area contributed by atoms with Gasteiger partial charge in [0.15, 0.2) is 0 Å². The Kier molecular flexibility index (Phi) is 5.59. The number of benzene rings is 2. The van der Waals surface area contributed by atoms with Crippen LogP contribution in [0.1, 0.15) is 30.4 Å². The van der Waals surface area contributed by atoms with E-state index >= 15 is 0 Å². The number of fused-ring (bicyclic) bond motifs is 2. The largest absolute Gasteiger partial charge is 0.496 e. The summed E-state index contributed by atoms with van der Waals surface area (Å²) >= 11 is 0. The van der Waals surface area contributed by atoms with Gasteiger partial charge >= 0.3 is 0 Å². The summed E-state index contributed by atoms with van der Waals surface area (Å²) < 4.78 is 5.58. The van der Waals surface area contributed by atoms with Gasteiger partial charge in [0, 0.05) is 48.1 Å². The molecule has 0 unspecified atom stereocenters. The van der Waals surface area contributed by atoms with Crippen molar-refractivity contribution < 1.29 is 14.6 Å². The highest BCUT2D eigenvalue weighted by atomic mass is 16.5. The van der Waals surface area contributed by atoms with Crippen LogP contribution >= 0.6 is 0 Å². The molecule has 2 heterocycles. The van der Waals surface area contributed by atoms with E-state index in [0.29, 0.717) is 38.1 Å². The molecule has 4 atom stereocenters. The number of nitrogens with one attached hydrogen (secondary N) is 1. The molecule has 1 aliphatic carbocycles. The smallest absolute Gasteiger partial charge is 0.227 e. The molecule has 170 valence electrons. The minimum atomic E-state index is -1.13. The minimum absolute atomic E-state index is 0.0772. The first-order chi connectivity index (χ1) is 16.0. The van der Waals surface area contributed by atoms with Crippen LogP contribution in [0.4, 0.5) is 0 Å². The van der Waals surface area contributed by atoms with E-state index in [1.165, 1.54) is 0 Å². The van der Waals surface area contributed by atoms with Crippen LogP contribution < -0.4 is 4.74 Å². The Balaban J connectivity index is 1.42. The maximum Gasteiger partial charge on any atom is 0.227 e. The van der Waals surface area contributed by atoms with E-state index in [1.54, 1.807) is 7.11 Å². The van der Waals surface area contributed by atoms with Gasteiger partial charge in [-0.2, -0.15) is 5.26 Å². The number of nitrogens with zero attached hydrogens (tertiary/aromatic N) is 2. The quantitative estimate of drug-likeness (QED) is 0.624. The Morgan fingerprint density at radius 1 is 1.24 bits per heavy atom. The van der Waals surface area contributed by atoms with Crippen molar-refractivity contribution in [1.82, 2.24) is 9.88 Å². The predicted molar refractivity (Wildman–Crippen MR) is 125 cm³/mol. The van der Waals surface area contributed by atoms with Gasteiger partial charge in [-0.1, -0.05) is 36.4 Å². The molecule has 6 heteroatoms. The van der Waals surface area contributed by atoms with Crippen molar-refractivity contribution in [2.75, 3.05) is 20.2 Å². The molecule has 1 saturated heterocycles. The molecule has 1 aromatic heterocycles. The molecular formula is C27H29N3O3. The number of carbonyl (C=O) groups is 1. The summed E-state index contributed by atoms with van der Waals surface area (Å²) in [5.74, 6) is 0.887. The normalized spacial score (nSPS) is 26.7. The molecule has 1 aliphatic heterocycles. The number of likely N-dealkylation sites (tertiary alicyclic amines) is 1. The van der Waals surface area contributed by atoms with Gasteiger partial charge in [0.05, 0.1) is 25.2 Å². The lowest BCUT2D eigenvalue weighted by molar-refractivity contribution is -0.130. The van der Waals surface area contributed by atoms with Crippen LogP contribution in [0.15, 0.2) is 54.7 Å². The van der Waals surface area contributed by atoms with E-state index in [2.05, 4.69) is 11.1 Å². The van der Waals surface area contributed by atoms with E-state index in [9.17, 15) is 15.2 Å². The van der Waals surface area contributed by atoms with E-state index in [0.717, 1.165) is 28.5 Å². The number of ether oxygens (including phenoxy) is 1. The van der Waals surface area contributed by atoms with E-state index in [1.807, 2.05) is 59.6 Å². The van der Waals surface area contributed by atoms with Crippen LogP contribution in [0.3, 0.4) is 0 Å². The maximum atomic E-state index is 13.3. The van der Waals surface area contributed by atoms with E-state index in [4.69, 9.17) is 4.74 Å². The third-order valence-electron chi connectivity index (χ3n) is 7.61. The number of H-pyrrole nitrogens is 1. The molecule has 6 nitrogen and oxygen atoms in total. The first-order valence-corrected chi connectivity index (χ1v) is 11.6. The summed E-state index contributed by atoms with van der Waals surface area (Å²) in [5, 5.41) is 22.5. The van der Waals surface area contributed by atoms with Gasteiger partial charge in [0.1, 0.15) is 5.75 Å². The first kappa shape index (κ1) is 21.5. The number of para-hydroxylation sites is 2. The molecule has 2 fully saturated rings. The Morgan fingerprint density at radius 3 is 2.85 bits per heavy atom. The number of aromatic nitrogens is 1. The van der Waals surface area contributed by atoms with Crippen LogP contribution in [-0.2, 0) is 16.8 Å². The van der Waals surface area contributed by atoms with Crippen molar-refractivity contribution in [1.29, 1.82) is 5.26 Å². The number of rotatable bonds is 5. The molecule has 0 radical (unpaired) electrons. The standard InChI is InChI=1S/C27H29N3O3/c1-33-25-9-5-3-7-22(25)27(32)14-18(10-11-28)12-20-16-30(17-23(20)27)26(31)13-19-15-29-24-8-4-2-6-21(19)24/h2-9,15,18,20,23,29,32H,10,12-14,16-17H2,1H3/t18-,20+,23-,27-/m1/s1. The molecule has 2 aliphatic rings. The molecule has 3 aromatic rings. The van der Waals surface area contributed by atoms with Crippen molar-refractivity contribution in [2.45, 2.75) is 31.3 Å². The third kappa shape index (κ3) is 3.77. The number of nitriles is 1. The Hall–Kier alpha value is -3.30. The summed E-state index contributed by atoms with van der Waals surface area (Å²) in [5.41, 5.74) is 1.65. The van der Waals surface area contributed by atoms with Crippen molar-refractivity contribution in [3.63, 3.8) is 0 Å². The van der Waals surface area contributed by atoms with Crippen molar-refractivity contribution in [3.8, 4) is 11.8 Å². The van der Waals surface area contributed by atoms with Crippen molar-refractivity contribution in [2.24, 2.45) is 17.8 Å². The van der Waals surface area contributed by atoms with Gasteiger partial charge in [0.25, 0.3) is 0 Å². The topological polar surface area (TPSA) is 89.3 Å². The second kappa shape index (κ2) is 8.57. The molecule has 33 heavy (non-hydrogen) atoms. The molecule has 1 amide bonds. The van der Waals surface area contributed by atoms with Gasteiger partial charge in [-0.15, -0.1) is 0 Å². The molecule has 5 rings (SSSR count). The van der Waals surface area contributed by atoms with Crippen LogP contribution in [0.2, 0.25) is 0 Å². The highest BCUT2D eigenvalue weighted by Gasteiger charge is 2.53. The average molecular weight is 444 g/mol. The molecule has 2 aromatic carbocycles. The second-order valence-electron chi connectivity index (χ2n) is 9.49. The second-order valence-corrected chi connectivity index (χ2v) is 9.49. The maximum absolute atomic E-state index is 13.3. The van der Waals surface area contributed by atoms with Crippen LogP contribution in [-0.4, -0.2) is 41.1 Å².